The van der Waals surface area contributed by atoms with Gasteiger partial charge in [-0.1, -0.05) is 18.2 Å². The van der Waals surface area contributed by atoms with E-state index in [4.69, 9.17) is 14.2 Å². The van der Waals surface area contributed by atoms with Crippen LogP contribution in [0, 0.1) is 0 Å². The van der Waals surface area contributed by atoms with Crippen molar-refractivity contribution in [2.24, 2.45) is 0 Å². The topological polar surface area (TPSA) is 91.9 Å². The lowest BCUT2D eigenvalue weighted by Gasteiger charge is -2.34. The second kappa shape index (κ2) is 12.1. The van der Waals surface area contributed by atoms with Crippen LogP contribution in [0.15, 0.2) is 72.8 Å². The van der Waals surface area contributed by atoms with E-state index in [0.717, 1.165) is 37.6 Å². The number of urea groups is 1. The Morgan fingerprint density at radius 2 is 1.50 bits per heavy atom. The number of rotatable bonds is 9. The Labute approximate surface area is 233 Å². The van der Waals surface area contributed by atoms with Crippen molar-refractivity contribution in [2.75, 3.05) is 62.8 Å². The number of hydrogen-bond acceptors (Lipinski definition) is 7. The summed E-state index contributed by atoms with van der Waals surface area (Å²) in [6.45, 7) is 5.74. The first-order valence-corrected chi connectivity index (χ1v) is 13.2. The van der Waals surface area contributed by atoms with Crippen LogP contribution in [0.5, 0.6) is 23.0 Å². The molecule has 5 rings (SSSR count). The number of methoxy groups -OCH3 is 1. The Kier molecular flexibility index (Phi) is 8.16. The van der Waals surface area contributed by atoms with E-state index in [9.17, 15) is 14.4 Å². The van der Waals surface area contributed by atoms with Crippen molar-refractivity contribution in [3.8, 4) is 23.0 Å². The number of imide groups is 1. The van der Waals surface area contributed by atoms with Gasteiger partial charge in [-0.25, -0.2) is 9.69 Å². The van der Waals surface area contributed by atoms with Gasteiger partial charge in [0, 0.05) is 51.4 Å². The highest BCUT2D eigenvalue weighted by Gasteiger charge is 2.38. The van der Waals surface area contributed by atoms with Crippen LogP contribution in [0.25, 0.3) is 0 Å². The van der Waals surface area contributed by atoms with Gasteiger partial charge in [0.1, 0.15) is 24.7 Å². The van der Waals surface area contributed by atoms with Gasteiger partial charge in [0.15, 0.2) is 11.5 Å². The Morgan fingerprint density at radius 1 is 0.825 bits per heavy atom. The first-order chi connectivity index (χ1) is 19.4. The fourth-order valence-electron chi connectivity index (χ4n) is 4.76. The summed E-state index contributed by atoms with van der Waals surface area (Å²) in [6, 6.07) is 21.0. The van der Waals surface area contributed by atoms with Crippen molar-refractivity contribution in [2.45, 2.75) is 6.92 Å². The van der Waals surface area contributed by atoms with Gasteiger partial charge in [-0.3, -0.25) is 19.4 Å². The molecular formula is C30H32N4O6. The molecule has 0 bridgehead atoms. The number of benzene rings is 3. The SMILES string of the molecule is COc1cc(N2CC(=O)N(c3ccc(Oc4ccccc4)cc3)C2=O)ccc1OCCN1CCN(C(C)=O)CC1. The van der Waals surface area contributed by atoms with Gasteiger partial charge >= 0.3 is 6.03 Å². The molecule has 3 aromatic rings. The van der Waals surface area contributed by atoms with Crippen molar-refractivity contribution in [3.05, 3.63) is 72.8 Å². The third-order valence-corrected chi connectivity index (χ3v) is 6.98. The second-order valence-electron chi connectivity index (χ2n) is 9.54. The van der Waals surface area contributed by atoms with Gasteiger partial charge in [0.25, 0.3) is 5.91 Å². The third kappa shape index (κ3) is 6.02. The Bertz CT molecular complexity index is 1360. The number of hydrogen-bond donors (Lipinski definition) is 0. The third-order valence-electron chi connectivity index (χ3n) is 6.98. The first kappa shape index (κ1) is 27.0. The van der Waals surface area contributed by atoms with Crippen LogP contribution in [-0.2, 0) is 9.59 Å². The highest BCUT2D eigenvalue weighted by molar-refractivity contribution is 6.27. The van der Waals surface area contributed by atoms with Crippen LogP contribution in [0.1, 0.15) is 6.92 Å². The van der Waals surface area contributed by atoms with Crippen LogP contribution >= 0.6 is 0 Å². The zero-order chi connectivity index (χ0) is 28.1. The van der Waals surface area contributed by atoms with Gasteiger partial charge in [0.2, 0.25) is 5.91 Å². The fourth-order valence-corrected chi connectivity index (χ4v) is 4.76. The molecule has 40 heavy (non-hydrogen) atoms. The summed E-state index contributed by atoms with van der Waals surface area (Å²) < 4.78 is 17.3. The summed E-state index contributed by atoms with van der Waals surface area (Å²) in [5.74, 6) is 2.10. The van der Waals surface area contributed by atoms with Crippen molar-refractivity contribution in [1.82, 2.24) is 9.80 Å². The zero-order valence-corrected chi connectivity index (χ0v) is 22.6. The molecule has 0 saturated carbocycles. The Morgan fingerprint density at radius 3 is 2.17 bits per heavy atom. The molecular weight excluding hydrogens is 512 g/mol. The Balaban J connectivity index is 1.20. The molecule has 0 N–H and O–H groups in total. The average Bonchev–Trinajstić information content (AvgIpc) is 3.27. The zero-order valence-electron chi connectivity index (χ0n) is 22.6. The van der Waals surface area contributed by atoms with Crippen molar-refractivity contribution in [3.63, 3.8) is 0 Å². The maximum atomic E-state index is 13.3. The van der Waals surface area contributed by atoms with Crippen LogP contribution in [-0.4, -0.2) is 80.6 Å². The normalized spacial score (nSPS) is 15.9. The van der Waals surface area contributed by atoms with E-state index in [1.54, 1.807) is 49.4 Å². The van der Waals surface area contributed by atoms with E-state index in [-0.39, 0.29) is 18.4 Å². The van der Waals surface area contributed by atoms with E-state index < -0.39 is 6.03 Å². The van der Waals surface area contributed by atoms with Gasteiger partial charge in [-0.05, 0) is 48.5 Å². The molecule has 0 atom stereocenters. The summed E-state index contributed by atoms with van der Waals surface area (Å²) >= 11 is 0. The first-order valence-electron chi connectivity index (χ1n) is 13.2. The molecule has 2 fully saturated rings. The quantitative estimate of drug-likeness (QED) is 0.376. The molecule has 0 radical (unpaired) electrons. The van der Waals surface area contributed by atoms with Gasteiger partial charge < -0.3 is 19.1 Å². The molecule has 2 heterocycles. The number of anilines is 2. The summed E-state index contributed by atoms with van der Waals surface area (Å²) in [6.07, 6.45) is 0. The number of para-hydroxylation sites is 1. The lowest BCUT2D eigenvalue weighted by molar-refractivity contribution is -0.130. The molecule has 2 aliphatic rings. The highest BCUT2D eigenvalue weighted by atomic mass is 16.5. The van der Waals surface area contributed by atoms with Crippen molar-refractivity contribution < 1.29 is 28.6 Å². The number of nitrogens with zero attached hydrogens (tertiary/aromatic N) is 4. The van der Waals surface area contributed by atoms with Crippen LogP contribution in [0.3, 0.4) is 0 Å². The van der Waals surface area contributed by atoms with Gasteiger partial charge in [-0.15, -0.1) is 0 Å². The predicted molar refractivity (Wildman–Crippen MR) is 150 cm³/mol. The highest BCUT2D eigenvalue weighted by Crippen LogP contribution is 2.35. The smallest absolute Gasteiger partial charge is 0.336 e. The van der Waals surface area contributed by atoms with E-state index in [1.807, 2.05) is 35.2 Å². The molecule has 3 aromatic carbocycles. The number of ether oxygens (including phenoxy) is 3. The van der Waals surface area contributed by atoms with E-state index in [0.29, 0.717) is 41.0 Å². The molecule has 10 heteroatoms. The van der Waals surface area contributed by atoms with Crippen molar-refractivity contribution >= 4 is 29.2 Å². The molecule has 0 unspecified atom stereocenters. The van der Waals surface area contributed by atoms with Crippen LogP contribution in [0.4, 0.5) is 16.2 Å². The molecule has 0 spiro atoms. The fraction of sp³-hybridized carbons (Fsp3) is 0.300. The lowest BCUT2D eigenvalue weighted by Crippen LogP contribution is -2.48. The maximum Gasteiger partial charge on any atom is 0.336 e. The predicted octanol–water partition coefficient (Wildman–Crippen LogP) is 4.00. The molecule has 0 aliphatic carbocycles. The number of piperazine rings is 1. The lowest BCUT2D eigenvalue weighted by atomic mass is 10.2. The van der Waals surface area contributed by atoms with E-state index >= 15 is 0 Å². The number of amides is 4. The van der Waals surface area contributed by atoms with Gasteiger partial charge in [-0.2, -0.15) is 0 Å². The minimum Gasteiger partial charge on any atom is -0.493 e. The summed E-state index contributed by atoms with van der Waals surface area (Å²) in [5.41, 5.74) is 1.00. The minimum absolute atomic E-state index is 0.0866. The minimum atomic E-state index is -0.442. The molecule has 2 aliphatic heterocycles. The standard InChI is InChI=1S/C30H32N4O6/c1-22(35)32-16-14-31(15-17-32)18-19-39-27-13-10-24(20-28(27)38-2)33-21-29(36)34(30(33)37)23-8-11-26(12-9-23)40-25-6-4-3-5-7-25/h3-13,20H,14-19,21H2,1-2H3. The molecule has 4 amide bonds. The van der Waals surface area contributed by atoms with Crippen LogP contribution in [0.2, 0.25) is 0 Å². The number of carbonyl (C=O) groups excluding carboxylic acids is 3. The maximum absolute atomic E-state index is 13.3. The van der Waals surface area contributed by atoms with Gasteiger partial charge in [0.05, 0.1) is 12.8 Å². The molecule has 10 nitrogen and oxygen atoms in total. The Hall–Kier alpha value is -4.57. The largest absolute Gasteiger partial charge is 0.493 e. The number of carbonyl (C=O) groups is 3. The van der Waals surface area contributed by atoms with E-state index in [1.165, 1.54) is 12.0 Å². The van der Waals surface area contributed by atoms with E-state index in [2.05, 4.69) is 4.90 Å². The molecule has 0 aromatic heterocycles. The summed E-state index contributed by atoms with van der Waals surface area (Å²) in [7, 11) is 1.54. The molecule has 208 valence electrons. The summed E-state index contributed by atoms with van der Waals surface area (Å²) in [4.78, 5) is 44.3. The molecule has 2 saturated heterocycles. The monoisotopic (exact) mass is 544 g/mol. The second-order valence-corrected chi connectivity index (χ2v) is 9.54. The average molecular weight is 545 g/mol. The van der Waals surface area contributed by atoms with Crippen LogP contribution < -0.4 is 24.0 Å². The summed E-state index contributed by atoms with van der Waals surface area (Å²) in [5, 5.41) is 0. The van der Waals surface area contributed by atoms with Crippen molar-refractivity contribution in [1.29, 1.82) is 0 Å².